The number of aliphatic carboxylic acids is 1. The third kappa shape index (κ3) is 2.67. The van der Waals surface area contributed by atoms with Crippen LogP contribution in [0.1, 0.15) is 20.3 Å². The van der Waals surface area contributed by atoms with Crippen LogP contribution in [0.15, 0.2) is 9.59 Å². The summed E-state index contributed by atoms with van der Waals surface area (Å²) >= 11 is 0. The third-order valence-corrected chi connectivity index (χ3v) is 3.14. The van der Waals surface area contributed by atoms with Gasteiger partial charge in [-0.25, -0.2) is 4.79 Å². The molecule has 3 N–H and O–H groups in total. The van der Waals surface area contributed by atoms with Gasteiger partial charge in [0.2, 0.25) is 5.95 Å². The SMILES string of the molecule is Cn1c(=O)c2[nH]c(NC(C)(C)CC(=O)O)nc2n(C)c1=O. The van der Waals surface area contributed by atoms with Gasteiger partial charge in [-0.05, 0) is 13.8 Å². The summed E-state index contributed by atoms with van der Waals surface area (Å²) in [6.45, 7) is 3.40. The normalized spacial score (nSPS) is 11.8. The van der Waals surface area contributed by atoms with Crippen molar-refractivity contribution in [2.45, 2.75) is 25.8 Å². The molecule has 0 aromatic carbocycles. The van der Waals surface area contributed by atoms with Gasteiger partial charge in [0.15, 0.2) is 11.2 Å². The van der Waals surface area contributed by atoms with Gasteiger partial charge in [0, 0.05) is 19.6 Å². The van der Waals surface area contributed by atoms with Gasteiger partial charge in [-0.2, -0.15) is 4.98 Å². The van der Waals surface area contributed by atoms with Crippen molar-refractivity contribution in [2.24, 2.45) is 14.1 Å². The lowest BCUT2D eigenvalue weighted by Crippen LogP contribution is -2.36. The largest absolute Gasteiger partial charge is 0.481 e. The molecule has 114 valence electrons. The van der Waals surface area contributed by atoms with Gasteiger partial charge >= 0.3 is 11.7 Å². The van der Waals surface area contributed by atoms with Gasteiger partial charge in [0.05, 0.1) is 6.42 Å². The quantitative estimate of drug-likeness (QED) is 0.707. The number of carboxylic acids is 1. The predicted octanol–water partition coefficient (Wildman–Crippen LogP) is -0.375. The molecule has 0 radical (unpaired) electrons. The van der Waals surface area contributed by atoms with Crippen molar-refractivity contribution in [3.63, 3.8) is 0 Å². The molecule has 2 aromatic rings. The lowest BCUT2D eigenvalue weighted by Gasteiger charge is -2.23. The highest BCUT2D eigenvalue weighted by Gasteiger charge is 2.23. The number of imidazole rings is 1. The first-order chi connectivity index (χ1) is 9.62. The molecule has 2 heterocycles. The summed E-state index contributed by atoms with van der Waals surface area (Å²) in [4.78, 5) is 41.6. The van der Waals surface area contributed by atoms with Crippen molar-refractivity contribution in [3.05, 3.63) is 20.8 Å². The molecule has 0 saturated carbocycles. The van der Waals surface area contributed by atoms with Crippen LogP contribution < -0.4 is 16.6 Å². The Balaban J connectivity index is 2.52. The number of carboxylic acid groups (broad SMARTS) is 1. The molecule has 2 rings (SSSR count). The fraction of sp³-hybridized carbons (Fsp3) is 0.500. The smallest absolute Gasteiger partial charge is 0.332 e. The Bertz CT molecular complexity index is 827. The molecule has 0 unspecified atom stereocenters. The topological polar surface area (TPSA) is 122 Å². The minimum Gasteiger partial charge on any atom is -0.481 e. The zero-order valence-corrected chi connectivity index (χ0v) is 12.2. The second-order valence-electron chi connectivity index (χ2n) is 5.57. The van der Waals surface area contributed by atoms with Crippen molar-refractivity contribution >= 4 is 23.1 Å². The maximum atomic E-state index is 12.0. The number of nitrogens with zero attached hydrogens (tertiary/aromatic N) is 3. The van der Waals surface area contributed by atoms with Crippen LogP contribution in [0.25, 0.3) is 11.2 Å². The highest BCUT2D eigenvalue weighted by Crippen LogP contribution is 2.17. The molecule has 2 aromatic heterocycles. The average Bonchev–Trinajstić information content (AvgIpc) is 2.75. The predicted molar refractivity (Wildman–Crippen MR) is 76.5 cm³/mol. The van der Waals surface area contributed by atoms with Crippen molar-refractivity contribution in [1.29, 1.82) is 0 Å². The molecule has 9 heteroatoms. The lowest BCUT2D eigenvalue weighted by molar-refractivity contribution is -0.137. The Morgan fingerprint density at radius 1 is 1.33 bits per heavy atom. The Kier molecular flexibility index (Phi) is 3.36. The van der Waals surface area contributed by atoms with Gasteiger partial charge in [0.1, 0.15) is 0 Å². The van der Waals surface area contributed by atoms with Crippen molar-refractivity contribution in [2.75, 3.05) is 5.32 Å². The van der Waals surface area contributed by atoms with E-state index in [4.69, 9.17) is 5.11 Å². The van der Waals surface area contributed by atoms with Gasteiger partial charge in [-0.1, -0.05) is 0 Å². The summed E-state index contributed by atoms with van der Waals surface area (Å²) in [6.07, 6.45) is -0.124. The average molecular weight is 295 g/mol. The van der Waals surface area contributed by atoms with Crippen molar-refractivity contribution in [1.82, 2.24) is 19.1 Å². The number of carbonyl (C=O) groups is 1. The van der Waals surface area contributed by atoms with E-state index < -0.39 is 22.8 Å². The molecule has 0 saturated heterocycles. The summed E-state index contributed by atoms with van der Waals surface area (Å²) in [6, 6.07) is 0. The number of aryl methyl sites for hydroxylation is 1. The monoisotopic (exact) mass is 295 g/mol. The van der Waals surface area contributed by atoms with E-state index in [2.05, 4.69) is 15.3 Å². The number of nitrogens with one attached hydrogen (secondary N) is 2. The number of H-pyrrole nitrogens is 1. The first-order valence-electron chi connectivity index (χ1n) is 6.28. The zero-order chi connectivity index (χ0) is 15.9. The summed E-state index contributed by atoms with van der Waals surface area (Å²) in [5, 5.41) is 11.8. The summed E-state index contributed by atoms with van der Waals surface area (Å²) in [7, 11) is 2.89. The Hall–Kier alpha value is -2.58. The van der Waals surface area contributed by atoms with Crippen LogP contribution in [0.3, 0.4) is 0 Å². The van der Waals surface area contributed by atoms with Crippen LogP contribution in [-0.4, -0.2) is 35.7 Å². The minimum atomic E-state index is -0.952. The number of rotatable bonds is 4. The fourth-order valence-corrected chi connectivity index (χ4v) is 2.13. The molecule has 0 fully saturated rings. The van der Waals surface area contributed by atoms with Gasteiger partial charge < -0.3 is 15.4 Å². The van der Waals surface area contributed by atoms with E-state index >= 15 is 0 Å². The molecule has 0 spiro atoms. The maximum absolute atomic E-state index is 12.0. The number of fused-ring (bicyclic) bond motifs is 1. The lowest BCUT2D eigenvalue weighted by atomic mass is 10.0. The van der Waals surface area contributed by atoms with E-state index in [0.717, 1.165) is 4.57 Å². The van der Waals surface area contributed by atoms with E-state index in [-0.39, 0.29) is 23.5 Å². The van der Waals surface area contributed by atoms with Gasteiger partial charge in [0.25, 0.3) is 5.56 Å². The highest BCUT2D eigenvalue weighted by molar-refractivity contribution is 5.73. The summed E-state index contributed by atoms with van der Waals surface area (Å²) in [5.41, 5.74) is -1.31. The number of aromatic nitrogens is 4. The molecule has 0 aliphatic heterocycles. The molecule has 9 nitrogen and oxygen atoms in total. The highest BCUT2D eigenvalue weighted by atomic mass is 16.4. The fourth-order valence-electron chi connectivity index (χ4n) is 2.13. The Morgan fingerprint density at radius 3 is 2.52 bits per heavy atom. The number of anilines is 1. The number of aromatic amines is 1. The second kappa shape index (κ2) is 4.76. The van der Waals surface area contributed by atoms with Gasteiger partial charge in [-0.3, -0.25) is 18.7 Å². The van der Waals surface area contributed by atoms with Crippen molar-refractivity contribution in [3.8, 4) is 0 Å². The van der Waals surface area contributed by atoms with Crippen LogP contribution in [0, 0.1) is 0 Å². The molecule has 0 aliphatic rings. The molecule has 0 bridgehead atoms. The molecular formula is C12H17N5O4. The van der Waals surface area contributed by atoms with Crippen LogP contribution in [0.4, 0.5) is 5.95 Å². The molecule has 0 aliphatic carbocycles. The van der Waals surface area contributed by atoms with E-state index in [1.165, 1.54) is 18.7 Å². The van der Waals surface area contributed by atoms with Gasteiger partial charge in [-0.15, -0.1) is 0 Å². The minimum absolute atomic E-state index is 0.124. The molecular weight excluding hydrogens is 278 g/mol. The summed E-state index contributed by atoms with van der Waals surface area (Å²) in [5.74, 6) is -0.707. The first kappa shape index (κ1) is 14.8. The second-order valence-corrected chi connectivity index (χ2v) is 5.57. The first-order valence-corrected chi connectivity index (χ1v) is 6.28. The maximum Gasteiger partial charge on any atom is 0.332 e. The van der Waals surface area contributed by atoms with Crippen LogP contribution in [-0.2, 0) is 18.9 Å². The summed E-state index contributed by atoms with van der Waals surface area (Å²) < 4.78 is 2.23. The number of hydrogen-bond donors (Lipinski definition) is 3. The standard InChI is InChI=1S/C12H17N5O4/c1-12(2,5-6(18)19)15-10-13-7-8(14-10)16(3)11(21)17(4)9(7)20/h5H2,1-4H3,(H,18,19)(H2,13,14,15). The van der Waals surface area contributed by atoms with E-state index in [1.807, 2.05) is 0 Å². The zero-order valence-electron chi connectivity index (χ0n) is 12.2. The van der Waals surface area contributed by atoms with E-state index in [1.54, 1.807) is 13.8 Å². The van der Waals surface area contributed by atoms with Crippen molar-refractivity contribution < 1.29 is 9.90 Å². The molecule has 0 atom stereocenters. The molecule has 0 amide bonds. The molecule has 21 heavy (non-hydrogen) atoms. The van der Waals surface area contributed by atoms with E-state index in [0.29, 0.717) is 0 Å². The van der Waals surface area contributed by atoms with E-state index in [9.17, 15) is 14.4 Å². The Morgan fingerprint density at radius 2 is 1.95 bits per heavy atom. The van der Waals surface area contributed by atoms with Crippen LogP contribution in [0.2, 0.25) is 0 Å². The Labute approximate surface area is 119 Å². The van der Waals surface area contributed by atoms with Crippen LogP contribution >= 0.6 is 0 Å². The van der Waals surface area contributed by atoms with Crippen LogP contribution in [0.5, 0.6) is 0 Å². The third-order valence-electron chi connectivity index (χ3n) is 3.14. The number of hydrogen-bond acceptors (Lipinski definition) is 5.